The molecule has 1 atom stereocenters. The van der Waals surface area contributed by atoms with Gasteiger partial charge in [-0.25, -0.2) is 0 Å². The van der Waals surface area contributed by atoms with Crippen LogP contribution in [-0.4, -0.2) is 29.9 Å². The van der Waals surface area contributed by atoms with Gasteiger partial charge in [-0.15, -0.1) is 0 Å². The number of nitrogens with one attached hydrogen (secondary N) is 1. The monoisotopic (exact) mass is 229 g/mol. The van der Waals surface area contributed by atoms with Crippen LogP contribution >= 0.6 is 11.8 Å². The van der Waals surface area contributed by atoms with E-state index in [9.17, 15) is 4.79 Å². The normalized spacial score (nSPS) is 12.6. The molecule has 1 unspecified atom stereocenters. The van der Waals surface area contributed by atoms with Gasteiger partial charge < -0.3 is 14.8 Å². The molecule has 0 radical (unpaired) electrons. The van der Waals surface area contributed by atoms with E-state index in [1.807, 2.05) is 12.1 Å². The zero-order chi connectivity index (χ0) is 11.1. The second kappa shape index (κ2) is 6.53. The summed E-state index contributed by atoms with van der Waals surface area (Å²) in [6.07, 6.45) is 2.26. The predicted octanol–water partition coefficient (Wildman–Crippen LogP) is 1.58. The minimum Gasteiger partial charge on any atom is -0.480 e. The molecule has 5 heteroatoms. The van der Waals surface area contributed by atoms with E-state index in [0.29, 0.717) is 6.42 Å². The molecule has 0 spiro atoms. The van der Waals surface area contributed by atoms with E-state index in [2.05, 4.69) is 5.32 Å². The summed E-state index contributed by atoms with van der Waals surface area (Å²) in [5.74, 6) is 1.73. The number of carbonyl (C=O) groups is 1. The summed E-state index contributed by atoms with van der Waals surface area (Å²) in [6, 6.07) is 3.32. The van der Waals surface area contributed by atoms with E-state index >= 15 is 0 Å². The van der Waals surface area contributed by atoms with Crippen LogP contribution in [0.3, 0.4) is 0 Å². The van der Waals surface area contributed by atoms with Crippen molar-refractivity contribution in [1.82, 2.24) is 5.32 Å². The molecule has 0 saturated heterocycles. The topological polar surface area (TPSA) is 62.5 Å². The molecule has 0 bridgehead atoms. The number of furan rings is 1. The molecule has 0 amide bonds. The Balaban J connectivity index is 2.13. The first-order chi connectivity index (χ1) is 7.24. The van der Waals surface area contributed by atoms with Gasteiger partial charge in [-0.1, -0.05) is 0 Å². The lowest BCUT2D eigenvalue weighted by Gasteiger charge is -2.09. The summed E-state index contributed by atoms with van der Waals surface area (Å²) >= 11 is 1.67. The van der Waals surface area contributed by atoms with Crippen LogP contribution in [0.5, 0.6) is 0 Å². The van der Waals surface area contributed by atoms with Crippen molar-refractivity contribution in [3.8, 4) is 0 Å². The van der Waals surface area contributed by atoms with Crippen LogP contribution in [0.2, 0.25) is 0 Å². The van der Waals surface area contributed by atoms with Gasteiger partial charge in [-0.2, -0.15) is 11.8 Å². The molecular formula is C10H15NO3S. The number of rotatable bonds is 7. The highest BCUT2D eigenvalue weighted by Gasteiger charge is 2.13. The second-order valence-corrected chi connectivity index (χ2v) is 4.21. The number of carboxylic acids is 1. The summed E-state index contributed by atoms with van der Waals surface area (Å²) in [5, 5.41) is 11.5. The average molecular weight is 229 g/mol. The zero-order valence-electron chi connectivity index (χ0n) is 8.60. The van der Waals surface area contributed by atoms with Crippen molar-refractivity contribution in [3.05, 3.63) is 24.2 Å². The fraction of sp³-hybridized carbons (Fsp3) is 0.500. The Kier molecular flexibility index (Phi) is 5.28. The van der Waals surface area contributed by atoms with Gasteiger partial charge in [-0.3, -0.25) is 4.79 Å². The van der Waals surface area contributed by atoms with Crippen molar-refractivity contribution >= 4 is 17.7 Å². The quantitative estimate of drug-likeness (QED) is 0.695. The predicted molar refractivity (Wildman–Crippen MR) is 60.0 cm³/mol. The van der Waals surface area contributed by atoms with Crippen LogP contribution in [0, 0.1) is 0 Å². The number of carboxylic acid groups (broad SMARTS) is 1. The number of aliphatic carboxylic acids is 1. The van der Waals surface area contributed by atoms with Crippen LogP contribution in [0.1, 0.15) is 12.2 Å². The Bertz CT molecular complexity index is 287. The fourth-order valence-electron chi connectivity index (χ4n) is 1.16. The average Bonchev–Trinajstić information content (AvgIpc) is 2.70. The summed E-state index contributed by atoms with van der Waals surface area (Å²) in [5.41, 5.74) is 0. The molecule has 1 heterocycles. The number of likely N-dealkylation sites (N-methyl/N-ethyl adjacent to an activating group) is 1. The lowest BCUT2D eigenvalue weighted by atomic mass is 10.2. The van der Waals surface area contributed by atoms with Crippen molar-refractivity contribution in [2.24, 2.45) is 0 Å². The Morgan fingerprint density at radius 2 is 2.53 bits per heavy atom. The first kappa shape index (κ1) is 12.1. The molecule has 84 valence electrons. The van der Waals surface area contributed by atoms with Crippen molar-refractivity contribution < 1.29 is 14.3 Å². The summed E-state index contributed by atoms with van der Waals surface area (Å²) in [4.78, 5) is 10.7. The molecule has 1 rings (SSSR count). The maximum absolute atomic E-state index is 10.7. The van der Waals surface area contributed by atoms with Crippen LogP contribution in [0.15, 0.2) is 22.8 Å². The Labute approximate surface area is 93.0 Å². The van der Waals surface area contributed by atoms with Crippen LogP contribution in [-0.2, 0) is 10.5 Å². The van der Waals surface area contributed by atoms with Crippen molar-refractivity contribution in [2.45, 2.75) is 18.2 Å². The maximum atomic E-state index is 10.7. The van der Waals surface area contributed by atoms with Gasteiger partial charge in [0, 0.05) is 0 Å². The molecule has 0 aliphatic carbocycles. The standard InChI is InChI=1S/C10H15NO3S/c1-11-9(10(12)13)4-6-15-7-8-3-2-5-14-8/h2-3,5,9,11H,4,6-7H2,1H3,(H,12,13). The molecule has 0 aromatic carbocycles. The smallest absolute Gasteiger partial charge is 0.320 e. The summed E-state index contributed by atoms with van der Waals surface area (Å²) in [6.45, 7) is 0. The number of hydrogen-bond acceptors (Lipinski definition) is 4. The van der Waals surface area contributed by atoms with E-state index in [1.165, 1.54) is 0 Å². The third-order valence-electron chi connectivity index (χ3n) is 2.02. The van der Waals surface area contributed by atoms with Crippen LogP contribution in [0.25, 0.3) is 0 Å². The second-order valence-electron chi connectivity index (χ2n) is 3.10. The molecular weight excluding hydrogens is 214 g/mol. The summed E-state index contributed by atoms with van der Waals surface area (Å²) in [7, 11) is 1.66. The van der Waals surface area contributed by atoms with Crippen molar-refractivity contribution in [3.63, 3.8) is 0 Å². The minimum atomic E-state index is -0.795. The zero-order valence-corrected chi connectivity index (χ0v) is 9.42. The largest absolute Gasteiger partial charge is 0.480 e. The van der Waals surface area contributed by atoms with Crippen LogP contribution in [0.4, 0.5) is 0 Å². The molecule has 15 heavy (non-hydrogen) atoms. The van der Waals surface area contributed by atoms with Crippen LogP contribution < -0.4 is 5.32 Å². The van der Waals surface area contributed by atoms with Gasteiger partial charge in [0.2, 0.25) is 0 Å². The highest BCUT2D eigenvalue weighted by Crippen LogP contribution is 2.14. The molecule has 0 saturated carbocycles. The Morgan fingerprint density at radius 3 is 3.07 bits per heavy atom. The third-order valence-corrected chi connectivity index (χ3v) is 3.03. The highest BCUT2D eigenvalue weighted by atomic mass is 32.2. The lowest BCUT2D eigenvalue weighted by molar-refractivity contribution is -0.139. The van der Waals surface area contributed by atoms with Crippen molar-refractivity contribution in [2.75, 3.05) is 12.8 Å². The Hall–Kier alpha value is -0.940. The van der Waals surface area contributed by atoms with E-state index in [4.69, 9.17) is 9.52 Å². The first-order valence-electron chi connectivity index (χ1n) is 4.74. The van der Waals surface area contributed by atoms with Gasteiger partial charge in [0.15, 0.2) is 0 Å². The molecule has 1 aromatic heterocycles. The number of thioether (sulfide) groups is 1. The van der Waals surface area contributed by atoms with Crippen molar-refractivity contribution in [1.29, 1.82) is 0 Å². The van der Waals surface area contributed by atoms with Gasteiger partial charge in [0.05, 0.1) is 12.0 Å². The van der Waals surface area contributed by atoms with Gasteiger partial charge >= 0.3 is 5.97 Å². The summed E-state index contributed by atoms with van der Waals surface area (Å²) < 4.78 is 5.16. The minimum absolute atomic E-state index is 0.450. The molecule has 0 aliphatic rings. The van der Waals surface area contributed by atoms with E-state index < -0.39 is 12.0 Å². The van der Waals surface area contributed by atoms with Gasteiger partial charge in [0.25, 0.3) is 0 Å². The van der Waals surface area contributed by atoms with Gasteiger partial charge in [-0.05, 0) is 31.4 Å². The van der Waals surface area contributed by atoms with E-state index in [1.54, 1.807) is 25.1 Å². The molecule has 1 aromatic rings. The maximum Gasteiger partial charge on any atom is 0.320 e. The third kappa shape index (κ3) is 4.40. The lowest BCUT2D eigenvalue weighted by Crippen LogP contribution is -2.34. The highest BCUT2D eigenvalue weighted by molar-refractivity contribution is 7.98. The Morgan fingerprint density at radius 1 is 1.73 bits per heavy atom. The molecule has 0 aliphatic heterocycles. The molecule has 0 fully saturated rings. The fourth-order valence-corrected chi connectivity index (χ4v) is 2.07. The number of hydrogen-bond donors (Lipinski definition) is 2. The molecule has 4 nitrogen and oxygen atoms in total. The first-order valence-corrected chi connectivity index (χ1v) is 5.89. The SMILES string of the molecule is CNC(CCSCc1ccco1)C(=O)O. The van der Waals surface area contributed by atoms with Gasteiger partial charge in [0.1, 0.15) is 11.8 Å². The van der Waals surface area contributed by atoms with E-state index in [0.717, 1.165) is 17.3 Å². The van der Waals surface area contributed by atoms with E-state index in [-0.39, 0.29) is 0 Å². The molecule has 2 N–H and O–H groups in total.